The molecule has 5 aliphatic rings. The second kappa shape index (κ2) is 9.76. The van der Waals surface area contributed by atoms with Gasteiger partial charge < -0.3 is 10.0 Å². The van der Waals surface area contributed by atoms with Gasteiger partial charge in [-0.3, -0.25) is 9.80 Å². The molecule has 0 radical (unpaired) electrons. The number of fused-ring (bicyclic) bond motifs is 4. The van der Waals surface area contributed by atoms with Crippen molar-refractivity contribution < 1.29 is 14.7 Å². The number of anilines is 1. The summed E-state index contributed by atoms with van der Waals surface area (Å²) in [6.07, 6.45) is 15.6. The topological polar surface area (TPSA) is 64.1 Å². The van der Waals surface area contributed by atoms with Gasteiger partial charge in [0.25, 0.3) is 0 Å². The van der Waals surface area contributed by atoms with Crippen molar-refractivity contribution in [1.29, 1.82) is 0 Å². The van der Waals surface area contributed by atoms with Crippen LogP contribution in [0.15, 0.2) is 30.3 Å². The van der Waals surface area contributed by atoms with Crippen molar-refractivity contribution >= 4 is 17.7 Å². The quantitative estimate of drug-likeness (QED) is 0.618. The van der Waals surface area contributed by atoms with Crippen LogP contribution in [0.4, 0.5) is 10.5 Å². The van der Waals surface area contributed by atoms with E-state index in [0.717, 1.165) is 42.8 Å². The minimum absolute atomic E-state index is 0.107. The second-order valence-electron chi connectivity index (χ2n) is 12.0. The summed E-state index contributed by atoms with van der Waals surface area (Å²) in [4.78, 5) is 32.4. The molecule has 4 bridgehead atoms. The first-order chi connectivity index (χ1) is 17.1. The molecule has 1 N–H and O–H groups in total. The van der Waals surface area contributed by atoms with Crippen LogP contribution in [-0.2, 0) is 4.79 Å². The molecule has 3 saturated heterocycles. The normalized spacial score (nSPS) is 37.1. The molecular weight excluding hydrogens is 438 g/mol. The Kier molecular flexibility index (Phi) is 6.50. The second-order valence-corrected chi connectivity index (χ2v) is 12.0. The van der Waals surface area contributed by atoms with Gasteiger partial charge in [0.15, 0.2) is 0 Å². The molecule has 2 aliphatic carbocycles. The van der Waals surface area contributed by atoms with Crippen molar-refractivity contribution in [3.63, 3.8) is 0 Å². The number of carbonyl (C=O) groups excluding carboxylic acids is 1. The molecule has 5 fully saturated rings. The molecule has 6 nitrogen and oxygen atoms in total. The predicted molar refractivity (Wildman–Crippen MR) is 136 cm³/mol. The number of carboxylic acid groups (broad SMARTS) is 1. The number of rotatable bonds is 4. The summed E-state index contributed by atoms with van der Waals surface area (Å²) in [5, 5.41) is 9.75. The van der Waals surface area contributed by atoms with Gasteiger partial charge in [-0.2, -0.15) is 0 Å². The maximum atomic E-state index is 14.0. The molecule has 6 heteroatoms. The average Bonchev–Trinajstić information content (AvgIpc) is 3.35. The van der Waals surface area contributed by atoms with Crippen LogP contribution >= 0.6 is 0 Å². The molecule has 2 amide bonds. The van der Waals surface area contributed by atoms with Crippen molar-refractivity contribution in [3.05, 3.63) is 30.3 Å². The number of carboxylic acids is 1. The van der Waals surface area contributed by atoms with E-state index in [1.807, 2.05) is 35.2 Å². The molecule has 190 valence electrons. The highest BCUT2D eigenvalue weighted by Crippen LogP contribution is 2.46. The van der Waals surface area contributed by atoms with Gasteiger partial charge in [0.1, 0.15) is 6.04 Å². The summed E-state index contributed by atoms with van der Waals surface area (Å²) < 4.78 is 0. The zero-order valence-corrected chi connectivity index (χ0v) is 20.9. The fourth-order valence-electron chi connectivity index (χ4n) is 8.59. The number of amides is 2. The van der Waals surface area contributed by atoms with Gasteiger partial charge >= 0.3 is 12.0 Å². The van der Waals surface area contributed by atoms with E-state index in [4.69, 9.17) is 0 Å². The van der Waals surface area contributed by atoms with Crippen molar-refractivity contribution in [2.75, 3.05) is 11.4 Å². The van der Waals surface area contributed by atoms with Crippen LogP contribution in [0.1, 0.15) is 83.5 Å². The molecule has 3 heterocycles. The number of nitrogens with zero attached hydrogens (tertiary/aromatic N) is 3. The summed E-state index contributed by atoms with van der Waals surface area (Å²) in [5.74, 6) is 0.978. The van der Waals surface area contributed by atoms with Crippen molar-refractivity contribution in [2.45, 2.75) is 114 Å². The largest absolute Gasteiger partial charge is 0.480 e. The van der Waals surface area contributed by atoms with Gasteiger partial charge in [-0.15, -0.1) is 0 Å². The van der Waals surface area contributed by atoms with Gasteiger partial charge in [-0.05, 0) is 81.8 Å². The Bertz CT molecular complexity index is 897. The highest BCUT2D eigenvalue weighted by Gasteiger charge is 2.48. The van der Waals surface area contributed by atoms with E-state index in [0.29, 0.717) is 25.0 Å². The van der Waals surface area contributed by atoms with Crippen molar-refractivity contribution in [3.8, 4) is 0 Å². The van der Waals surface area contributed by atoms with Gasteiger partial charge in [0.2, 0.25) is 0 Å². The van der Waals surface area contributed by atoms with Crippen molar-refractivity contribution in [2.24, 2.45) is 11.8 Å². The minimum Gasteiger partial charge on any atom is -0.480 e. The summed E-state index contributed by atoms with van der Waals surface area (Å²) >= 11 is 0. The van der Waals surface area contributed by atoms with Crippen LogP contribution in [0.2, 0.25) is 0 Å². The molecule has 0 spiro atoms. The Balaban J connectivity index is 1.26. The van der Waals surface area contributed by atoms with Crippen LogP contribution in [0.5, 0.6) is 0 Å². The number of hydrogen-bond acceptors (Lipinski definition) is 3. The molecule has 6 rings (SSSR count). The van der Waals surface area contributed by atoms with E-state index in [1.165, 1.54) is 57.8 Å². The number of carbonyl (C=O) groups is 2. The van der Waals surface area contributed by atoms with Gasteiger partial charge in [-0.25, -0.2) is 9.59 Å². The van der Waals surface area contributed by atoms with E-state index in [1.54, 1.807) is 4.90 Å². The fraction of sp³-hybridized carbons (Fsp3) is 0.724. The first-order valence-electron chi connectivity index (χ1n) is 14.2. The number of piperidine rings is 2. The molecule has 1 aromatic rings. The first kappa shape index (κ1) is 23.3. The van der Waals surface area contributed by atoms with Crippen LogP contribution in [0, 0.1) is 11.8 Å². The van der Waals surface area contributed by atoms with Crippen LogP contribution in [-0.4, -0.2) is 63.7 Å². The Morgan fingerprint density at radius 3 is 2.09 bits per heavy atom. The molecule has 2 saturated carbocycles. The summed E-state index contributed by atoms with van der Waals surface area (Å²) in [6, 6.07) is 11.2. The van der Waals surface area contributed by atoms with Gasteiger partial charge in [0, 0.05) is 36.4 Å². The van der Waals surface area contributed by atoms with Gasteiger partial charge in [0.05, 0.1) is 0 Å². The molecule has 0 aromatic heterocycles. The predicted octanol–water partition coefficient (Wildman–Crippen LogP) is 5.52. The number of para-hydroxylation sites is 1. The summed E-state index contributed by atoms with van der Waals surface area (Å²) in [7, 11) is 0. The van der Waals surface area contributed by atoms with Gasteiger partial charge in [-0.1, -0.05) is 43.9 Å². The van der Waals surface area contributed by atoms with Crippen molar-refractivity contribution in [1.82, 2.24) is 9.80 Å². The Morgan fingerprint density at radius 1 is 0.771 bits per heavy atom. The number of benzene rings is 1. The van der Waals surface area contributed by atoms with Crippen LogP contribution in [0.3, 0.4) is 0 Å². The highest BCUT2D eigenvalue weighted by molar-refractivity contribution is 5.95. The lowest BCUT2D eigenvalue weighted by atomic mass is 9.68. The smallest absolute Gasteiger partial charge is 0.326 e. The molecule has 3 aliphatic heterocycles. The molecule has 7 atom stereocenters. The maximum absolute atomic E-state index is 14.0. The number of likely N-dealkylation sites (tertiary alicyclic amines) is 1. The highest BCUT2D eigenvalue weighted by atomic mass is 16.4. The molecule has 0 unspecified atom stereocenters. The summed E-state index contributed by atoms with van der Waals surface area (Å²) in [6.45, 7) is 0.537. The lowest BCUT2D eigenvalue weighted by molar-refractivity contribution is -0.141. The monoisotopic (exact) mass is 479 g/mol. The maximum Gasteiger partial charge on any atom is 0.326 e. The molecule has 35 heavy (non-hydrogen) atoms. The summed E-state index contributed by atoms with van der Waals surface area (Å²) in [5.41, 5.74) is 0.914. The molecular formula is C29H41N3O3. The standard InChI is InChI=1S/C29H41N3O3/c33-28(34)27-13-6-14-30(27)29(35)32(22-9-2-1-3-10-22)26-18-23-11-5-12-24(19-26)31(23)25-16-20-7-4-8-21(15-20)17-25/h1-3,9-10,20-21,23-27H,4-8,11-19H2,(H,33,34)/t20-,21+,23-,24+,25+,26+,27-/m0/s1. The number of urea groups is 1. The third-order valence-corrected chi connectivity index (χ3v) is 9.92. The third kappa shape index (κ3) is 4.47. The first-order valence-corrected chi connectivity index (χ1v) is 14.2. The molecule has 1 aromatic carbocycles. The lowest BCUT2D eigenvalue weighted by Gasteiger charge is -2.56. The van der Waals surface area contributed by atoms with Crippen LogP contribution in [0.25, 0.3) is 0 Å². The number of aliphatic carboxylic acids is 1. The number of hydrogen-bond donors (Lipinski definition) is 1. The van der Waals surface area contributed by atoms with E-state index >= 15 is 0 Å². The Hall–Kier alpha value is -2.08. The van der Waals surface area contributed by atoms with E-state index in [2.05, 4.69) is 4.90 Å². The van der Waals surface area contributed by atoms with E-state index in [-0.39, 0.29) is 12.1 Å². The minimum atomic E-state index is -0.876. The average molecular weight is 480 g/mol. The Morgan fingerprint density at radius 2 is 1.43 bits per heavy atom. The van der Waals surface area contributed by atoms with E-state index in [9.17, 15) is 14.7 Å². The Labute approximate surface area is 209 Å². The van der Waals surface area contributed by atoms with E-state index < -0.39 is 12.0 Å². The lowest BCUT2D eigenvalue weighted by Crippen LogP contribution is -2.63. The van der Waals surface area contributed by atoms with Crippen LogP contribution < -0.4 is 4.90 Å². The zero-order valence-electron chi connectivity index (χ0n) is 20.9. The fourth-order valence-corrected chi connectivity index (χ4v) is 8.59. The SMILES string of the molecule is O=C(O)[C@@H]1CCCN1C(=O)N(c1ccccc1)[C@H]1C[C@H]2CCC[C@@H](C1)N2[C@H]1C[C@@H]2CCC[C@@H](C2)C1. The zero-order chi connectivity index (χ0) is 23.9. The third-order valence-electron chi connectivity index (χ3n) is 9.92.